The molecule has 0 aliphatic heterocycles. The van der Waals surface area contributed by atoms with Crippen molar-refractivity contribution in [2.75, 3.05) is 6.54 Å². The van der Waals surface area contributed by atoms with Gasteiger partial charge < -0.3 is 11.5 Å². The minimum atomic E-state index is 0.376. The zero-order valence-corrected chi connectivity index (χ0v) is 9.26. The highest BCUT2D eigenvalue weighted by atomic mass is 14.6. The first-order valence-corrected chi connectivity index (χ1v) is 5.62. The highest BCUT2D eigenvalue weighted by Crippen LogP contribution is 2.13. The van der Waals surface area contributed by atoms with E-state index in [2.05, 4.69) is 13.8 Å². The molecule has 2 unspecified atom stereocenters. The van der Waals surface area contributed by atoms with Crippen LogP contribution in [0.2, 0.25) is 0 Å². The normalized spacial score (nSPS) is 15.7. The van der Waals surface area contributed by atoms with Gasteiger partial charge in [0.25, 0.3) is 0 Å². The van der Waals surface area contributed by atoms with Gasteiger partial charge in [-0.1, -0.05) is 32.6 Å². The van der Waals surface area contributed by atoms with Crippen LogP contribution in [0.4, 0.5) is 0 Å². The van der Waals surface area contributed by atoms with E-state index in [9.17, 15) is 0 Å². The maximum absolute atomic E-state index is 5.67. The predicted octanol–water partition coefficient (Wildman–Crippen LogP) is 2.27. The van der Waals surface area contributed by atoms with E-state index in [0.717, 1.165) is 12.5 Å². The lowest BCUT2D eigenvalue weighted by Crippen LogP contribution is -2.13. The lowest BCUT2D eigenvalue weighted by atomic mass is 9.99. The van der Waals surface area contributed by atoms with Gasteiger partial charge in [0, 0.05) is 6.04 Å². The number of hydrogen-bond acceptors (Lipinski definition) is 2. The lowest BCUT2D eigenvalue weighted by molar-refractivity contribution is 0.458. The summed E-state index contributed by atoms with van der Waals surface area (Å²) in [4.78, 5) is 0. The Bertz CT molecular complexity index is 102. The van der Waals surface area contributed by atoms with Crippen LogP contribution in [0.15, 0.2) is 0 Å². The van der Waals surface area contributed by atoms with Gasteiger partial charge in [0.1, 0.15) is 0 Å². The minimum absolute atomic E-state index is 0.376. The van der Waals surface area contributed by atoms with E-state index in [1.807, 2.05) is 0 Å². The minimum Gasteiger partial charge on any atom is -0.330 e. The molecular formula is C11H26N2. The molecule has 0 saturated heterocycles. The summed E-state index contributed by atoms with van der Waals surface area (Å²) in [5.74, 6) is 0.806. The van der Waals surface area contributed by atoms with Crippen molar-refractivity contribution in [3.63, 3.8) is 0 Å². The van der Waals surface area contributed by atoms with Gasteiger partial charge in [-0.3, -0.25) is 0 Å². The summed E-state index contributed by atoms with van der Waals surface area (Å²) < 4.78 is 0. The maximum Gasteiger partial charge on any atom is 0.00104 e. The van der Waals surface area contributed by atoms with Gasteiger partial charge in [-0.15, -0.1) is 0 Å². The molecule has 0 bridgehead atoms. The summed E-state index contributed by atoms with van der Waals surface area (Å²) in [6.07, 6.45) is 7.63. The predicted molar refractivity (Wildman–Crippen MR) is 59.6 cm³/mol. The number of rotatable bonds is 8. The van der Waals surface area contributed by atoms with Crippen molar-refractivity contribution in [3.05, 3.63) is 0 Å². The van der Waals surface area contributed by atoms with E-state index < -0.39 is 0 Å². The molecule has 0 aromatic heterocycles. The fraction of sp³-hybridized carbons (Fsp3) is 1.00. The monoisotopic (exact) mass is 186 g/mol. The zero-order valence-electron chi connectivity index (χ0n) is 9.26. The van der Waals surface area contributed by atoms with Crippen LogP contribution in [-0.2, 0) is 0 Å². The molecule has 13 heavy (non-hydrogen) atoms. The van der Waals surface area contributed by atoms with Crippen molar-refractivity contribution in [2.24, 2.45) is 17.4 Å². The molecule has 0 aromatic rings. The van der Waals surface area contributed by atoms with Gasteiger partial charge in [-0.25, -0.2) is 0 Å². The Morgan fingerprint density at radius 1 is 0.923 bits per heavy atom. The molecule has 0 saturated carbocycles. The van der Waals surface area contributed by atoms with E-state index in [0.29, 0.717) is 6.04 Å². The van der Waals surface area contributed by atoms with Gasteiger partial charge in [0.15, 0.2) is 0 Å². The van der Waals surface area contributed by atoms with Crippen LogP contribution < -0.4 is 11.5 Å². The molecule has 0 heterocycles. The Hall–Kier alpha value is -0.0800. The fourth-order valence-electron chi connectivity index (χ4n) is 1.56. The number of unbranched alkanes of at least 4 members (excludes halogenated alkanes) is 2. The molecule has 0 aromatic carbocycles. The van der Waals surface area contributed by atoms with Crippen molar-refractivity contribution in [1.29, 1.82) is 0 Å². The molecule has 2 atom stereocenters. The van der Waals surface area contributed by atoms with E-state index in [-0.39, 0.29) is 0 Å². The van der Waals surface area contributed by atoms with Crippen LogP contribution in [0.1, 0.15) is 52.4 Å². The molecule has 0 aliphatic rings. The third kappa shape index (κ3) is 9.84. The van der Waals surface area contributed by atoms with Crippen LogP contribution in [0.3, 0.4) is 0 Å². The second-order valence-corrected chi connectivity index (χ2v) is 4.30. The summed E-state index contributed by atoms with van der Waals surface area (Å²) >= 11 is 0. The van der Waals surface area contributed by atoms with Crippen LogP contribution in [0, 0.1) is 5.92 Å². The van der Waals surface area contributed by atoms with Crippen LogP contribution >= 0.6 is 0 Å². The highest BCUT2D eigenvalue weighted by molar-refractivity contribution is 4.56. The van der Waals surface area contributed by atoms with Gasteiger partial charge >= 0.3 is 0 Å². The molecule has 80 valence electrons. The Balaban J connectivity index is 3.06. The van der Waals surface area contributed by atoms with Gasteiger partial charge in [-0.2, -0.15) is 0 Å². The van der Waals surface area contributed by atoms with Crippen LogP contribution in [0.25, 0.3) is 0 Å². The second-order valence-electron chi connectivity index (χ2n) is 4.30. The Labute approximate surface area is 83.1 Å². The third-order valence-corrected chi connectivity index (χ3v) is 2.52. The molecule has 0 spiro atoms. The molecule has 2 nitrogen and oxygen atoms in total. The van der Waals surface area contributed by atoms with Crippen molar-refractivity contribution in [1.82, 2.24) is 0 Å². The molecule has 0 amide bonds. The standard InChI is InChI=1S/C11H26N2/c1-10(8-9-12)6-4-3-5-7-11(2)13/h10-11H,3-9,12-13H2,1-2H3. The largest absolute Gasteiger partial charge is 0.330 e. The summed E-state index contributed by atoms with van der Waals surface area (Å²) in [5.41, 5.74) is 11.1. The van der Waals surface area contributed by atoms with Crippen molar-refractivity contribution in [3.8, 4) is 0 Å². The van der Waals surface area contributed by atoms with E-state index in [1.165, 1.54) is 38.5 Å². The van der Waals surface area contributed by atoms with E-state index >= 15 is 0 Å². The molecule has 0 fully saturated rings. The third-order valence-electron chi connectivity index (χ3n) is 2.52. The summed E-state index contributed by atoms with van der Waals surface area (Å²) in [7, 11) is 0. The first kappa shape index (κ1) is 12.9. The van der Waals surface area contributed by atoms with Crippen molar-refractivity contribution in [2.45, 2.75) is 58.4 Å². The molecule has 0 rings (SSSR count). The zero-order chi connectivity index (χ0) is 10.1. The van der Waals surface area contributed by atoms with E-state index in [1.54, 1.807) is 0 Å². The summed E-state index contributed by atoms with van der Waals surface area (Å²) in [6.45, 7) is 5.20. The lowest BCUT2D eigenvalue weighted by Gasteiger charge is -2.09. The Morgan fingerprint density at radius 3 is 2.08 bits per heavy atom. The smallest absolute Gasteiger partial charge is 0.00104 e. The first-order chi connectivity index (χ1) is 6.16. The van der Waals surface area contributed by atoms with Crippen LogP contribution in [-0.4, -0.2) is 12.6 Å². The summed E-state index contributed by atoms with van der Waals surface area (Å²) in [5, 5.41) is 0. The van der Waals surface area contributed by atoms with Gasteiger partial charge in [0.2, 0.25) is 0 Å². The Morgan fingerprint density at radius 2 is 1.54 bits per heavy atom. The average Bonchev–Trinajstić information content (AvgIpc) is 2.03. The average molecular weight is 186 g/mol. The van der Waals surface area contributed by atoms with Crippen molar-refractivity contribution < 1.29 is 0 Å². The SMILES string of the molecule is CC(N)CCCCCC(C)CCN. The highest BCUT2D eigenvalue weighted by Gasteiger charge is 2.00. The quantitative estimate of drug-likeness (QED) is 0.571. The topological polar surface area (TPSA) is 52.0 Å². The number of nitrogens with two attached hydrogens (primary N) is 2. The molecule has 0 aliphatic carbocycles. The molecule has 2 heteroatoms. The molecule has 0 radical (unpaired) electrons. The first-order valence-electron chi connectivity index (χ1n) is 5.62. The van der Waals surface area contributed by atoms with Gasteiger partial charge in [0.05, 0.1) is 0 Å². The Kier molecular flexibility index (Phi) is 8.46. The fourth-order valence-corrected chi connectivity index (χ4v) is 1.56. The van der Waals surface area contributed by atoms with Crippen LogP contribution in [0.5, 0.6) is 0 Å². The second kappa shape index (κ2) is 8.52. The maximum atomic E-state index is 5.67. The van der Waals surface area contributed by atoms with Gasteiger partial charge in [-0.05, 0) is 32.2 Å². The summed E-state index contributed by atoms with van der Waals surface area (Å²) in [6, 6.07) is 0.376. The molecular weight excluding hydrogens is 160 g/mol. The van der Waals surface area contributed by atoms with E-state index in [4.69, 9.17) is 11.5 Å². The molecule has 4 N–H and O–H groups in total. The number of hydrogen-bond donors (Lipinski definition) is 2. The van der Waals surface area contributed by atoms with Crippen molar-refractivity contribution >= 4 is 0 Å².